The van der Waals surface area contributed by atoms with Gasteiger partial charge in [0, 0.05) is 10.7 Å². The lowest BCUT2D eigenvalue weighted by Crippen LogP contribution is -2.23. The van der Waals surface area contributed by atoms with E-state index in [0.29, 0.717) is 5.88 Å². The molecule has 0 atom stereocenters. The highest BCUT2D eigenvalue weighted by Gasteiger charge is 2.15. The van der Waals surface area contributed by atoms with Gasteiger partial charge >= 0.3 is 0 Å². The Morgan fingerprint density at radius 2 is 1.92 bits per heavy atom. The molecule has 0 bridgehead atoms. The predicted molar refractivity (Wildman–Crippen MR) is 60.0 cm³/mol. The summed E-state index contributed by atoms with van der Waals surface area (Å²) >= 11 is 6.79. The summed E-state index contributed by atoms with van der Waals surface area (Å²) in [4.78, 5) is 4.13. The quantitative estimate of drug-likeness (QED) is 0.787. The van der Waals surface area contributed by atoms with Crippen molar-refractivity contribution in [2.24, 2.45) is 0 Å². The minimum Gasteiger partial charge on any atom is -0.471 e. The number of ether oxygens (including phenoxy) is 1. The fourth-order valence-electron chi connectivity index (χ4n) is 0.764. The number of hydrogen-bond donors (Lipinski definition) is 0. The van der Waals surface area contributed by atoms with Crippen LogP contribution in [-0.2, 0) is 0 Å². The Bertz CT molecular complexity index is 307. The Hall–Kier alpha value is -0.0900. The first-order valence-electron chi connectivity index (χ1n) is 3.89. The van der Waals surface area contributed by atoms with Crippen molar-refractivity contribution in [1.82, 2.24) is 4.98 Å². The first-order chi connectivity index (χ1) is 5.90. The SMILES string of the molecule is CC(C)(C)Oc1nccc(Br)c1Br. The van der Waals surface area contributed by atoms with Gasteiger partial charge in [0.1, 0.15) is 5.60 Å². The molecule has 0 aliphatic rings. The van der Waals surface area contributed by atoms with Crippen molar-refractivity contribution in [3.63, 3.8) is 0 Å². The van der Waals surface area contributed by atoms with E-state index in [1.807, 2.05) is 26.8 Å². The van der Waals surface area contributed by atoms with Gasteiger partial charge in [-0.25, -0.2) is 4.98 Å². The fourth-order valence-corrected chi connectivity index (χ4v) is 1.37. The van der Waals surface area contributed by atoms with Crippen molar-refractivity contribution in [1.29, 1.82) is 0 Å². The van der Waals surface area contributed by atoms with Gasteiger partial charge in [0.15, 0.2) is 0 Å². The summed E-state index contributed by atoms with van der Waals surface area (Å²) in [5.41, 5.74) is -0.226. The molecule has 0 aromatic carbocycles. The van der Waals surface area contributed by atoms with Crippen LogP contribution in [0.4, 0.5) is 0 Å². The zero-order valence-corrected chi connectivity index (χ0v) is 10.9. The topological polar surface area (TPSA) is 22.1 Å². The monoisotopic (exact) mass is 307 g/mol. The maximum absolute atomic E-state index is 5.63. The van der Waals surface area contributed by atoms with Crippen LogP contribution in [0, 0.1) is 0 Å². The van der Waals surface area contributed by atoms with E-state index in [4.69, 9.17) is 4.74 Å². The molecule has 0 saturated heterocycles. The Balaban J connectivity index is 2.96. The summed E-state index contributed by atoms with van der Waals surface area (Å²) in [5.74, 6) is 0.613. The third-order valence-electron chi connectivity index (χ3n) is 1.21. The molecule has 1 rings (SSSR count). The third kappa shape index (κ3) is 3.27. The van der Waals surface area contributed by atoms with Crippen LogP contribution in [0.25, 0.3) is 0 Å². The molecule has 0 unspecified atom stereocenters. The van der Waals surface area contributed by atoms with Gasteiger partial charge in [0.25, 0.3) is 0 Å². The van der Waals surface area contributed by atoms with Gasteiger partial charge < -0.3 is 4.74 Å². The van der Waals surface area contributed by atoms with Crippen molar-refractivity contribution < 1.29 is 4.74 Å². The van der Waals surface area contributed by atoms with Gasteiger partial charge in [-0.2, -0.15) is 0 Å². The van der Waals surface area contributed by atoms with Gasteiger partial charge in [-0.15, -0.1) is 0 Å². The summed E-state index contributed by atoms with van der Waals surface area (Å²) in [6.45, 7) is 5.96. The van der Waals surface area contributed by atoms with E-state index in [-0.39, 0.29) is 5.60 Å². The Kier molecular flexibility index (Phi) is 3.35. The predicted octanol–water partition coefficient (Wildman–Crippen LogP) is 3.78. The average Bonchev–Trinajstić information content (AvgIpc) is 1.96. The average molecular weight is 309 g/mol. The van der Waals surface area contributed by atoms with Crippen LogP contribution in [0.1, 0.15) is 20.8 Å². The fraction of sp³-hybridized carbons (Fsp3) is 0.444. The zero-order valence-electron chi connectivity index (χ0n) is 7.77. The summed E-state index contributed by atoms with van der Waals surface area (Å²) in [5, 5.41) is 0. The lowest BCUT2D eigenvalue weighted by atomic mass is 10.2. The van der Waals surface area contributed by atoms with Crippen LogP contribution >= 0.6 is 31.9 Å². The molecule has 13 heavy (non-hydrogen) atoms. The van der Waals surface area contributed by atoms with Crippen LogP contribution < -0.4 is 4.74 Å². The lowest BCUT2D eigenvalue weighted by Gasteiger charge is -2.21. The molecular weight excluding hydrogens is 298 g/mol. The van der Waals surface area contributed by atoms with Gasteiger partial charge in [-0.1, -0.05) is 0 Å². The minimum atomic E-state index is -0.226. The standard InChI is InChI=1S/C9H11Br2NO/c1-9(2,3)13-8-7(11)6(10)4-5-12-8/h4-5H,1-3H3. The Morgan fingerprint density at radius 3 is 2.46 bits per heavy atom. The molecule has 0 amide bonds. The van der Waals surface area contributed by atoms with Gasteiger partial charge in [0.05, 0.1) is 4.47 Å². The minimum absolute atomic E-state index is 0.226. The molecular formula is C9H11Br2NO. The number of pyridine rings is 1. The molecule has 0 fully saturated rings. The van der Waals surface area contributed by atoms with E-state index in [2.05, 4.69) is 36.8 Å². The highest BCUT2D eigenvalue weighted by atomic mass is 79.9. The van der Waals surface area contributed by atoms with Crippen molar-refractivity contribution in [3.8, 4) is 5.88 Å². The van der Waals surface area contributed by atoms with E-state index in [0.717, 1.165) is 8.95 Å². The number of rotatable bonds is 1. The number of hydrogen-bond acceptors (Lipinski definition) is 2. The van der Waals surface area contributed by atoms with E-state index >= 15 is 0 Å². The van der Waals surface area contributed by atoms with Crippen LogP contribution in [0.5, 0.6) is 5.88 Å². The summed E-state index contributed by atoms with van der Waals surface area (Å²) in [7, 11) is 0. The van der Waals surface area contributed by atoms with Gasteiger partial charge in [0.2, 0.25) is 5.88 Å². The molecule has 0 N–H and O–H groups in total. The van der Waals surface area contributed by atoms with Gasteiger partial charge in [-0.3, -0.25) is 0 Å². The molecule has 1 aromatic heterocycles. The number of nitrogens with zero attached hydrogens (tertiary/aromatic N) is 1. The molecule has 72 valence electrons. The maximum atomic E-state index is 5.63. The smallest absolute Gasteiger partial charge is 0.229 e. The maximum Gasteiger partial charge on any atom is 0.229 e. The molecule has 0 saturated carbocycles. The molecule has 1 aromatic rings. The van der Waals surface area contributed by atoms with Crippen molar-refractivity contribution in [2.75, 3.05) is 0 Å². The first-order valence-corrected chi connectivity index (χ1v) is 5.48. The summed E-state index contributed by atoms with van der Waals surface area (Å²) in [6.07, 6.45) is 1.70. The summed E-state index contributed by atoms with van der Waals surface area (Å²) in [6, 6.07) is 1.86. The van der Waals surface area contributed by atoms with Crippen LogP contribution in [-0.4, -0.2) is 10.6 Å². The molecule has 0 aliphatic carbocycles. The van der Waals surface area contributed by atoms with Gasteiger partial charge in [-0.05, 0) is 58.7 Å². The second kappa shape index (κ2) is 3.96. The second-order valence-electron chi connectivity index (χ2n) is 3.63. The molecule has 0 radical (unpaired) electrons. The normalized spacial score (nSPS) is 11.5. The van der Waals surface area contributed by atoms with Crippen molar-refractivity contribution in [3.05, 3.63) is 21.2 Å². The molecule has 4 heteroatoms. The molecule has 1 heterocycles. The van der Waals surface area contributed by atoms with E-state index in [9.17, 15) is 0 Å². The van der Waals surface area contributed by atoms with E-state index in [1.54, 1.807) is 6.20 Å². The highest BCUT2D eigenvalue weighted by Crippen LogP contribution is 2.31. The van der Waals surface area contributed by atoms with Crippen molar-refractivity contribution in [2.45, 2.75) is 26.4 Å². The second-order valence-corrected chi connectivity index (χ2v) is 5.27. The number of aromatic nitrogens is 1. The molecule has 0 spiro atoms. The van der Waals surface area contributed by atoms with Crippen LogP contribution in [0.2, 0.25) is 0 Å². The lowest BCUT2D eigenvalue weighted by molar-refractivity contribution is 0.123. The Morgan fingerprint density at radius 1 is 1.31 bits per heavy atom. The van der Waals surface area contributed by atoms with Crippen LogP contribution in [0.15, 0.2) is 21.2 Å². The highest BCUT2D eigenvalue weighted by molar-refractivity contribution is 9.13. The largest absolute Gasteiger partial charge is 0.471 e. The van der Waals surface area contributed by atoms with E-state index < -0.39 is 0 Å². The number of halogens is 2. The van der Waals surface area contributed by atoms with E-state index in [1.165, 1.54) is 0 Å². The Labute approximate surface area is 95.0 Å². The molecule has 2 nitrogen and oxygen atoms in total. The van der Waals surface area contributed by atoms with Crippen LogP contribution in [0.3, 0.4) is 0 Å². The van der Waals surface area contributed by atoms with Crippen molar-refractivity contribution >= 4 is 31.9 Å². The molecule has 0 aliphatic heterocycles. The summed E-state index contributed by atoms with van der Waals surface area (Å²) < 4.78 is 7.42. The third-order valence-corrected chi connectivity index (χ3v) is 3.17. The first kappa shape index (κ1) is 11.0. The zero-order chi connectivity index (χ0) is 10.1.